The molecule has 116 valence electrons. The van der Waals surface area contributed by atoms with Crippen LogP contribution in [0.4, 0.5) is 5.69 Å². The number of carbonyl (C=O) groups excluding carboxylic acids is 1. The fourth-order valence-corrected chi connectivity index (χ4v) is 2.93. The van der Waals surface area contributed by atoms with Crippen molar-refractivity contribution in [1.82, 2.24) is 10.2 Å². The normalized spacial score (nSPS) is 22.9. The lowest BCUT2D eigenvalue weighted by Crippen LogP contribution is -2.55. The van der Waals surface area contributed by atoms with E-state index in [9.17, 15) is 4.79 Å². The van der Waals surface area contributed by atoms with Gasteiger partial charge < -0.3 is 15.4 Å². The number of nitrogens with one attached hydrogen (secondary N) is 2. The number of benzene rings is 1. The van der Waals surface area contributed by atoms with Gasteiger partial charge in [0, 0.05) is 36.4 Å². The van der Waals surface area contributed by atoms with Crippen LogP contribution in [0.2, 0.25) is 0 Å². The molecule has 5 heteroatoms. The predicted molar refractivity (Wildman–Crippen MR) is 84.9 cm³/mol. The number of carbonyl (C=O) groups is 1. The van der Waals surface area contributed by atoms with Crippen molar-refractivity contribution in [2.75, 3.05) is 32.1 Å². The summed E-state index contributed by atoms with van der Waals surface area (Å²) in [5.74, 6) is 0.810. The minimum Gasteiger partial charge on any atom is -0.496 e. The molecule has 0 aromatic heterocycles. The predicted octanol–water partition coefficient (Wildman–Crippen LogP) is 1.62. The smallest absolute Gasteiger partial charge is 0.238 e. The number of piperazine rings is 1. The van der Waals surface area contributed by atoms with Crippen molar-refractivity contribution in [3.63, 3.8) is 0 Å². The summed E-state index contributed by atoms with van der Waals surface area (Å²) in [5.41, 5.74) is 1.77. The van der Waals surface area contributed by atoms with Gasteiger partial charge >= 0.3 is 0 Å². The van der Waals surface area contributed by atoms with Crippen LogP contribution in [0.5, 0.6) is 5.75 Å². The van der Waals surface area contributed by atoms with E-state index in [-0.39, 0.29) is 5.91 Å². The van der Waals surface area contributed by atoms with Gasteiger partial charge in [0.05, 0.1) is 13.7 Å². The molecule has 0 radical (unpaired) electrons. The Morgan fingerprint density at radius 1 is 1.38 bits per heavy atom. The average molecular weight is 291 g/mol. The van der Waals surface area contributed by atoms with Gasteiger partial charge in [0.2, 0.25) is 5.91 Å². The molecule has 1 saturated heterocycles. The van der Waals surface area contributed by atoms with E-state index in [4.69, 9.17) is 4.74 Å². The fourth-order valence-electron chi connectivity index (χ4n) is 2.93. The monoisotopic (exact) mass is 291 g/mol. The van der Waals surface area contributed by atoms with E-state index in [2.05, 4.69) is 29.4 Å². The van der Waals surface area contributed by atoms with Crippen LogP contribution in [0.1, 0.15) is 19.4 Å². The van der Waals surface area contributed by atoms with E-state index in [0.29, 0.717) is 18.6 Å². The van der Waals surface area contributed by atoms with Crippen LogP contribution in [0.15, 0.2) is 18.2 Å². The van der Waals surface area contributed by atoms with Crippen LogP contribution in [-0.4, -0.2) is 49.6 Å². The highest BCUT2D eigenvalue weighted by atomic mass is 16.5. The third kappa shape index (κ3) is 4.19. The molecule has 2 unspecified atom stereocenters. The molecule has 1 aromatic rings. The first-order valence-electron chi connectivity index (χ1n) is 7.41. The Morgan fingerprint density at radius 2 is 2.05 bits per heavy atom. The summed E-state index contributed by atoms with van der Waals surface area (Å²) in [4.78, 5) is 14.4. The number of methoxy groups -OCH3 is 1. The molecule has 5 nitrogen and oxygen atoms in total. The van der Waals surface area contributed by atoms with Gasteiger partial charge in [-0.2, -0.15) is 0 Å². The number of ether oxygens (including phenoxy) is 1. The second-order valence-corrected chi connectivity index (χ2v) is 5.84. The first kappa shape index (κ1) is 15.8. The quantitative estimate of drug-likeness (QED) is 0.885. The lowest BCUT2D eigenvalue weighted by molar-refractivity contribution is -0.117. The van der Waals surface area contributed by atoms with Crippen molar-refractivity contribution >= 4 is 11.6 Å². The maximum atomic E-state index is 12.2. The SMILES string of the molecule is COc1cccc(NC(=O)CN2CC(C)NC(C)C2)c1C. The number of anilines is 1. The van der Waals surface area contributed by atoms with Crippen molar-refractivity contribution in [1.29, 1.82) is 0 Å². The van der Waals surface area contributed by atoms with Crippen molar-refractivity contribution in [2.45, 2.75) is 32.9 Å². The minimum atomic E-state index is 0.0210. The summed E-state index contributed by atoms with van der Waals surface area (Å²) < 4.78 is 5.28. The van der Waals surface area contributed by atoms with E-state index in [0.717, 1.165) is 30.1 Å². The molecule has 21 heavy (non-hydrogen) atoms. The van der Waals surface area contributed by atoms with E-state index in [1.807, 2.05) is 25.1 Å². The maximum Gasteiger partial charge on any atom is 0.238 e. The first-order valence-corrected chi connectivity index (χ1v) is 7.41. The fraction of sp³-hybridized carbons (Fsp3) is 0.562. The van der Waals surface area contributed by atoms with Crippen LogP contribution in [-0.2, 0) is 4.79 Å². The van der Waals surface area contributed by atoms with Gasteiger partial charge in [0.25, 0.3) is 0 Å². The second-order valence-electron chi connectivity index (χ2n) is 5.84. The molecule has 1 fully saturated rings. The Labute approximate surface area is 126 Å². The molecule has 2 N–H and O–H groups in total. The molecule has 1 amide bonds. The summed E-state index contributed by atoms with van der Waals surface area (Å²) in [6.45, 7) is 8.46. The topological polar surface area (TPSA) is 53.6 Å². The highest BCUT2D eigenvalue weighted by Gasteiger charge is 2.22. The van der Waals surface area contributed by atoms with Gasteiger partial charge in [0.1, 0.15) is 5.75 Å². The Bertz CT molecular complexity index is 494. The van der Waals surface area contributed by atoms with Crippen LogP contribution < -0.4 is 15.4 Å². The minimum absolute atomic E-state index is 0.0210. The Balaban J connectivity index is 1.96. The van der Waals surface area contributed by atoms with Crippen molar-refractivity contribution in [3.05, 3.63) is 23.8 Å². The van der Waals surface area contributed by atoms with E-state index >= 15 is 0 Å². The zero-order valence-electron chi connectivity index (χ0n) is 13.3. The Kier molecular flexibility index (Phi) is 5.20. The number of hydrogen-bond acceptors (Lipinski definition) is 4. The molecule has 0 spiro atoms. The summed E-state index contributed by atoms with van der Waals surface area (Å²) in [6.07, 6.45) is 0. The molecular formula is C16H25N3O2. The number of hydrogen-bond donors (Lipinski definition) is 2. The molecule has 1 aliphatic rings. The van der Waals surface area contributed by atoms with Crippen molar-refractivity contribution in [3.8, 4) is 5.75 Å². The van der Waals surface area contributed by atoms with Crippen LogP contribution in [0, 0.1) is 6.92 Å². The van der Waals surface area contributed by atoms with Gasteiger partial charge in [-0.3, -0.25) is 9.69 Å². The molecule has 0 bridgehead atoms. The molecule has 1 heterocycles. The summed E-state index contributed by atoms with van der Waals surface area (Å²) in [5, 5.41) is 6.45. The molecule has 1 aromatic carbocycles. The zero-order valence-corrected chi connectivity index (χ0v) is 13.3. The van der Waals surface area contributed by atoms with Crippen LogP contribution in [0.3, 0.4) is 0 Å². The van der Waals surface area contributed by atoms with Crippen LogP contribution in [0.25, 0.3) is 0 Å². The number of amides is 1. The summed E-state index contributed by atoms with van der Waals surface area (Å²) >= 11 is 0. The highest BCUT2D eigenvalue weighted by Crippen LogP contribution is 2.24. The second kappa shape index (κ2) is 6.91. The first-order chi connectivity index (χ1) is 9.99. The average Bonchev–Trinajstić information content (AvgIpc) is 2.40. The highest BCUT2D eigenvalue weighted by molar-refractivity contribution is 5.93. The largest absolute Gasteiger partial charge is 0.496 e. The number of nitrogens with zero attached hydrogens (tertiary/aromatic N) is 1. The van der Waals surface area contributed by atoms with Crippen molar-refractivity contribution in [2.24, 2.45) is 0 Å². The van der Waals surface area contributed by atoms with Gasteiger partial charge in [-0.05, 0) is 32.9 Å². The molecular weight excluding hydrogens is 266 g/mol. The Morgan fingerprint density at radius 3 is 2.67 bits per heavy atom. The van der Waals surface area contributed by atoms with Crippen LogP contribution >= 0.6 is 0 Å². The lowest BCUT2D eigenvalue weighted by atomic mass is 10.1. The lowest BCUT2D eigenvalue weighted by Gasteiger charge is -2.35. The van der Waals surface area contributed by atoms with E-state index in [1.165, 1.54) is 0 Å². The zero-order chi connectivity index (χ0) is 15.4. The molecule has 2 atom stereocenters. The van der Waals surface area contributed by atoms with Gasteiger partial charge in [0.15, 0.2) is 0 Å². The van der Waals surface area contributed by atoms with E-state index in [1.54, 1.807) is 7.11 Å². The van der Waals surface area contributed by atoms with Gasteiger partial charge in [-0.25, -0.2) is 0 Å². The van der Waals surface area contributed by atoms with Gasteiger partial charge in [-0.1, -0.05) is 6.07 Å². The number of rotatable bonds is 4. The van der Waals surface area contributed by atoms with Gasteiger partial charge in [-0.15, -0.1) is 0 Å². The summed E-state index contributed by atoms with van der Waals surface area (Å²) in [7, 11) is 1.64. The molecule has 2 rings (SSSR count). The third-order valence-corrected chi connectivity index (χ3v) is 3.78. The maximum absolute atomic E-state index is 12.2. The molecule has 0 saturated carbocycles. The Hall–Kier alpha value is -1.59. The van der Waals surface area contributed by atoms with Crippen molar-refractivity contribution < 1.29 is 9.53 Å². The molecule has 0 aliphatic carbocycles. The molecule has 1 aliphatic heterocycles. The van der Waals surface area contributed by atoms with E-state index < -0.39 is 0 Å². The standard InChI is InChI=1S/C16H25N3O2/c1-11-8-19(9-12(2)17-11)10-16(20)18-14-6-5-7-15(21-4)13(14)3/h5-7,11-12,17H,8-10H2,1-4H3,(H,18,20). The third-order valence-electron chi connectivity index (χ3n) is 3.78. The summed E-state index contributed by atoms with van der Waals surface area (Å²) in [6, 6.07) is 6.51.